The second kappa shape index (κ2) is 6.80. The maximum absolute atomic E-state index is 13.2. The van der Waals surface area contributed by atoms with Crippen LogP contribution in [-0.2, 0) is 6.42 Å². The number of halogens is 2. The van der Waals surface area contributed by atoms with Gasteiger partial charge in [0.1, 0.15) is 11.4 Å². The fourth-order valence-electron chi connectivity index (χ4n) is 2.59. The van der Waals surface area contributed by atoms with E-state index in [1.807, 2.05) is 41.9 Å². The van der Waals surface area contributed by atoms with Crippen molar-refractivity contribution in [3.63, 3.8) is 0 Å². The van der Waals surface area contributed by atoms with Crippen LogP contribution in [0.4, 0.5) is 8.78 Å². The molecule has 8 heteroatoms. The average Bonchev–Trinajstić information content (AvgIpc) is 3.40. The minimum Gasteiger partial charge on any atom is -0.415 e. The fraction of sp³-hybridized carbons (Fsp3) is 0.167. The van der Waals surface area contributed by atoms with Crippen LogP contribution in [0.2, 0.25) is 0 Å². The lowest BCUT2D eigenvalue weighted by atomic mass is 10.1. The first-order chi connectivity index (χ1) is 12.7. The molecule has 5 nitrogen and oxygen atoms in total. The van der Waals surface area contributed by atoms with Crippen molar-refractivity contribution in [2.24, 2.45) is 0 Å². The number of alkyl halides is 2. The van der Waals surface area contributed by atoms with Gasteiger partial charge < -0.3 is 4.42 Å². The molecule has 4 aromatic rings. The van der Waals surface area contributed by atoms with Gasteiger partial charge in [-0.1, -0.05) is 19.1 Å². The molecule has 0 N–H and O–H groups in total. The van der Waals surface area contributed by atoms with Gasteiger partial charge in [0.25, 0.3) is 12.3 Å². The molecule has 3 aromatic heterocycles. The van der Waals surface area contributed by atoms with Crippen LogP contribution in [-0.4, -0.2) is 20.0 Å². The van der Waals surface area contributed by atoms with Crippen LogP contribution in [0.3, 0.4) is 0 Å². The van der Waals surface area contributed by atoms with Crippen molar-refractivity contribution in [1.29, 1.82) is 0 Å². The van der Waals surface area contributed by atoms with E-state index in [1.54, 1.807) is 6.07 Å². The molecule has 0 aliphatic carbocycles. The molecular formula is C18H14F2N4OS. The van der Waals surface area contributed by atoms with Gasteiger partial charge in [-0.25, -0.2) is 13.5 Å². The predicted octanol–water partition coefficient (Wildman–Crippen LogP) is 5.15. The van der Waals surface area contributed by atoms with Crippen LogP contribution < -0.4 is 0 Å². The van der Waals surface area contributed by atoms with Crippen LogP contribution in [0, 0.1) is 0 Å². The first-order valence-electron chi connectivity index (χ1n) is 7.99. The zero-order valence-corrected chi connectivity index (χ0v) is 14.6. The quantitative estimate of drug-likeness (QED) is 0.486. The van der Waals surface area contributed by atoms with Gasteiger partial charge in [0.05, 0.1) is 5.69 Å². The van der Waals surface area contributed by atoms with Crippen molar-refractivity contribution in [1.82, 2.24) is 20.0 Å². The highest BCUT2D eigenvalue weighted by molar-refractivity contribution is 7.08. The van der Waals surface area contributed by atoms with Gasteiger partial charge in [0.2, 0.25) is 5.89 Å². The topological polar surface area (TPSA) is 56.7 Å². The normalized spacial score (nSPS) is 11.4. The van der Waals surface area contributed by atoms with E-state index in [2.05, 4.69) is 15.3 Å². The molecule has 0 amide bonds. The molecular weight excluding hydrogens is 358 g/mol. The van der Waals surface area contributed by atoms with Gasteiger partial charge in [-0.05, 0) is 41.6 Å². The molecule has 0 aliphatic heterocycles. The van der Waals surface area contributed by atoms with Gasteiger partial charge >= 0.3 is 0 Å². The van der Waals surface area contributed by atoms with Gasteiger partial charge in [-0.15, -0.1) is 10.2 Å². The highest BCUT2D eigenvalue weighted by Crippen LogP contribution is 2.30. The van der Waals surface area contributed by atoms with E-state index in [0.717, 1.165) is 17.5 Å². The monoisotopic (exact) mass is 372 g/mol. The van der Waals surface area contributed by atoms with Crippen LogP contribution in [0.25, 0.3) is 28.7 Å². The molecule has 0 bridgehead atoms. The second-order valence-corrected chi connectivity index (χ2v) is 6.39. The van der Waals surface area contributed by atoms with E-state index in [-0.39, 0.29) is 11.6 Å². The van der Waals surface area contributed by atoms with Crippen molar-refractivity contribution in [2.75, 3.05) is 0 Å². The smallest absolute Gasteiger partial charge is 0.282 e. The van der Waals surface area contributed by atoms with Crippen LogP contribution in [0.15, 0.2) is 51.6 Å². The van der Waals surface area contributed by atoms with Crippen LogP contribution in [0.1, 0.15) is 24.6 Å². The molecule has 1 aromatic carbocycles. The van der Waals surface area contributed by atoms with E-state index >= 15 is 0 Å². The van der Waals surface area contributed by atoms with Gasteiger partial charge in [0, 0.05) is 10.9 Å². The molecule has 26 heavy (non-hydrogen) atoms. The molecule has 4 rings (SSSR count). The van der Waals surface area contributed by atoms with Crippen molar-refractivity contribution < 1.29 is 13.2 Å². The van der Waals surface area contributed by atoms with E-state index in [4.69, 9.17) is 4.42 Å². The Kier molecular flexibility index (Phi) is 4.34. The third kappa shape index (κ3) is 3.03. The number of nitrogens with zero attached hydrogens (tertiary/aromatic N) is 4. The van der Waals surface area contributed by atoms with Crippen LogP contribution in [0.5, 0.6) is 0 Å². The first-order valence-corrected chi connectivity index (χ1v) is 8.94. The highest BCUT2D eigenvalue weighted by atomic mass is 32.1. The molecule has 0 fully saturated rings. The number of aryl methyl sites for hydroxylation is 1. The fourth-order valence-corrected chi connectivity index (χ4v) is 3.22. The summed E-state index contributed by atoms with van der Waals surface area (Å²) in [6.07, 6.45) is -1.86. The molecule has 0 saturated heterocycles. The van der Waals surface area contributed by atoms with E-state index in [9.17, 15) is 8.78 Å². The van der Waals surface area contributed by atoms with E-state index in [0.29, 0.717) is 17.3 Å². The summed E-state index contributed by atoms with van der Waals surface area (Å²) in [6.45, 7) is 2.03. The van der Waals surface area contributed by atoms with Crippen LogP contribution >= 0.6 is 11.3 Å². The summed E-state index contributed by atoms with van der Waals surface area (Å²) >= 11 is 1.51. The SMILES string of the molecule is CCc1cccc(-n2nc(C(F)F)cc2-c2nnc(-c3ccsc3)o2)c1. The summed E-state index contributed by atoms with van der Waals surface area (Å²) in [5.74, 6) is 0.488. The summed E-state index contributed by atoms with van der Waals surface area (Å²) in [5, 5.41) is 15.9. The Bertz CT molecular complexity index is 1020. The maximum atomic E-state index is 13.2. The minimum absolute atomic E-state index is 0.146. The Balaban J connectivity index is 1.82. The van der Waals surface area contributed by atoms with E-state index in [1.165, 1.54) is 22.1 Å². The number of hydrogen-bond donors (Lipinski definition) is 0. The molecule has 0 radical (unpaired) electrons. The molecule has 0 saturated carbocycles. The third-order valence-electron chi connectivity index (χ3n) is 3.93. The predicted molar refractivity (Wildman–Crippen MR) is 94.5 cm³/mol. The first kappa shape index (κ1) is 16.6. The lowest BCUT2D eigenvalue weighted by molar-refractivity contribution is 0.145. The summed E-state index contributed by atoms with van der Waals surface area (Å²) < 4.78 is 33.6. The number of thiophene rings is 1. The standard InChI is InChI=1S/C18H14F2N4OS/c1-2-11-4-3-5-13(8-11)24-15(9-14(23-24)16(19)20)18-22-21-17(25-18)12-6-7-26-10-12/h3-10,16H,2H2,1H3. The summed E-state index contributed by atoms with van der Waals surface area (Å²) in [6, 6.07) is 10.7. The number of benzene rings is 1. The molecule has 0 atom stereocenters. The van der Waals surface area contributed by atoms with E-state index < -0.39 is 6.43 Å². The number of aromatic nitrogens is 4. The van der Waals surface area contributed by atoms with Crippen molar-refractivity contribution in [3.8, 4) is 28.7 Å². The van der Waals surface area contributed by atoms with Crippen molar-refractivity contribution >= 4 is 11.3 Å². The summed E-state index contributed by atoms with van der Waals surface area (Å²) in [4.78, 5) is 0. The lowest BCUT2D eigenvalue weighted by Crippen LogP contribution is -2.01. The maximum Gasteiger partial charge on any atom is 0.282 e. The molecule has 3 heterocycles. The highest BCUT2D eigenvalue weighted by Gasteiger charge is 2.22. The molecule has 0 unspecified atom stereocenters. The zero-order chi connectivity index (χ0) is 18.1. The number of rotatable bonds is 5. The Hall–Kier alpha value is -2.87. The largest absolute Gasteiger partial charge is 0.415 e. The van der Waals surface area contributed by atoms with Gasteiger partial charge in [0.15, 0.2) is 0 Å². The Morgan fingerprint density at radius 3 is 2.73 bits per heavy atom. The summed E-state index contributed by atoms with van der Waals surface area (Å²) in [5.41, 5.74) is 2.54. The van der Waals surface area contributed by atoms with Crippen molar-refractivity contribution in [3.05, 3.63) is 58.4 Å². The Morgan fingerprint density at radius 2 is 2.00 bits per heavy atom. The lowest BCUT2D eigenvalue weighted by Gasteiger charge is -2.06. The minimum atomic E-state index is -2.69. The number of hydrogen-bond acceptors (Lipinski definition) is 5. The van der Waals surface area contributed by atoms with Gasteiger partial charge in [-0.2, -0.15) is 16.4 Å². The third-order valence-corrected chi connectivity index (χ3v) is 4.61. The molecule has 132 valence electrons. The zero-order valence-electron chi connectivity index (χ0n) is 13.8. The second-order valence-electron chi connectivity index (χ2n) is 5.61. The molecule has 0 spiro atoms. The Morgan fingerprint density at radius 1 is 1.15 bits per heavy atom. The van der Waals surface area contributed by atoms with Crippen molar-refractivity contribution in [2.45, 2.75) is 19.8 Å². The van der Waals surface area contributed by atoms with Gasteiger partial charge in [-0.3, -0.25) is 0 Å². The Labute approximate surface area is 151 Å². The summed E-state index contributed by atoms with van der Waals surface area (Å²) in [7, 11) is 0. The average molecular weight is 372 g/mol. The molecule has 0 aliphatic rings.